The Morgan fingerprint density at radius 2 is 1.77 bits per heavy atom. The summed E-state index contributed by atoms with van der Waals surface area (Å²) in [5, 5.41) is 0. The first kappa shape index (κ1) is 17.4. The van der Waals surface area contributed by atoms with E-state index in [1.807, 2.05) is 53.4 Å². The van der Waals surface area contributed by atoms with Gasteiger partial charge in [-0.1, -0.05) is 41.1 Å². The molecule has 0 N–H and O–H groups in total. The van der Waals surface area contributed by atoms with E-state index in [-0.39, 0.29) is 5.91 Å². The van der Waals surface area contributed by atoms with Gasteiger partial charge >= 0.3 is 0 Å². The average Bonchev–Trinajstić information content (AvgIpc) is 2.91. The summed E-state index contributed by atoms with van der Waals surface area (Å²) < 4.78 is 1.00. The summed E-state index contributed by atoms with van der Waals surface area (Å²) in [4.78, 5) is 22.0. The van der Waals surface area contributed by atoms with E-state index >= 15 is 0 Å². The number of rotatable bonds is 3. The van der Waals surface area contributed by atoms with Crippen molar-refractivity contribution >= 4 is 38.9 Å². The van der Waals surface area contributed by atoms with E-state index in [1.165, 1.54) is 12.8 Å². The first-order chi connectivity index (χ1) is 12.6. The van der Waals surface area contributed by atoms with Crippen LogP contribution in [0.15, 0.2) is 58.0 Å². The SMILES string of the molecule is CC1CCN(CN2C(=O)C(=Nc3ccc(Br)cc3)c3ccccc32)CC1. The highest BCUT2D eigenvalue weighted by atomic mass is 79.9. The third-order valence-electron chi connectivity index (χ3n) is 5.18. The minimum Gasteiger partial charge on any atom is -0.293 e. The lowest BCUT2D eigenvalue weighted by atomic mass is 10.00. The number of carbonyl (C=O) groups is 1. The van der Waals surface area contributed by atoms with Gasteiger partial charge in [-0.25, -0.2) is 4.99 Å². The zero-order valence-electron chi connectivity index (χ0n) is 14.9. The predicted molar refractivity (Wildman–Crippen MR) is 109 cm³/mol. The van der Waals surface area contributed by atoms with Crippen LogP contribution < -0.4 is 4.90 Å². The molecule has 0 unspecified atom stereocenters. The van der Waals surface area contributed by atoms with Gasteiger partial charge in [-0.2, -0.15) is 0 Å². The fourth-order valence-corrected chi connectivity index (χ4v) is 3.82. The van der Waals surface area contributed by atoms with Gasteiger partial charge in [0.05, 0.1) is 18.0 Å². The molecule has 2 aliphatic rings. The van der Waals surface area contributed by atoms with Crippen LogP contribution in [0.4, 0.5) is 11.4 Å². The summed E-state index contributed by atoms with van der Waals surface area (Å²) in [7, 11) is 0. The maximum Gasteiger partial charge on any atom is 0.278 e. The molecule has 4 nitrogen and oxygen atoms in total. The maximum atomic E-state index is 13.1. The van der Waals surface area contributed by atoms with Gasteiger partial charge in [-0.05, 0) is 49.1 Å². The Bertz CT molecular complexity index is 839. The van der Waals surface area contributed by atoms with Crippen LogP contribution in [0.25, 0.3) is 0 Å². The molecule has 26 heavy (non-hydrogen) atoms. The summed E-state index contributed by atoms with van der Waals surface area (Å²) in [6.07, 6.45) is 2.40. The molecule has 2 aliphatic heterocycles. The molecule has 4 rings (SSSR count). The Labute approximate surface area is 162 Å². The fraction of sp³-hybridized carbons (Fsp3) is 0.333. The molecule has 2 aromatic rings. The molecule has 0 aromatic heterocycles. The molecule has 1 saturated heterocycles. The summed E-state index contributed by atoms with van der Waals surface area (Å²) in [6.45, 7) is 5.04. The van der Waals surface area contributed by atoms with Crippen molar-refractivity contribution in [3.63, 3.8) is 0 Å². The number of benzene rings is 2. The molecule has 1 fully saturated rings. The number of nitrogens with zero attached hydrogens (tertiary/aromatic N) is 3. The number of likely N-dealkylation sites (tertiary alicyclic amines) is 1. The number of amides is 1. The van der Waals surface area contributed by atoms with Crippen LogP contribution in [-0.2, 0) is 4.79 Å². The number of hydrogen-bond acceptors (Lipinski definition) is 3. The lowest BCUT2D eigenvalue weighted by molar-refractivity contribution is -0.112. The number of fused-ring (bicyclic) bond motifs is 1. The third-order valence-corrected chi connectivity index (χ3v) is 5.71. The monoisotopic (exact) mass is 411 g/mol. The molecular weight excluding hydrogens is 390 g/mol. The summed E-state index contributed by atoms with van der Waals surface area (Å²) in [5.41, 5.74) is 3.21. The van der Waals surface area contributed by atoms with Gasteiger partial charge in [0.1, 0.15) is 5.71 Å². The van der Waals surface area contributed by atoms with Gasteiger partial charge in [0.25, 0.3) is 5.91 Å². The third kappa shape index (κ3) is 3.46. The summed E-state index contributed by atoms with van der Waals surface area (Å²) in [6, 6.07) is 15.7. The van der Waals surface area contributed by atoms with Gasteiger partial charge in [0, 0.05) is 23.1 Å². The lowest BCUT2D eigenvalue weighted by Gasteiger charge is -2.33. The van der Waals surface area contributed by atoms with Gasteiger partial charge < -0.3 is 0 Å². The number of piperidine rings is 1. The van der Waals surface area contributed by atoms with Crippen LogP contribution in [0.2, 0.25) is 0 Å². The Morgan fingerprint density at radius 1 is 1.08 bits per heavy atom. The van der Waals surface area contributed by atoms with Gasteiger partial charge in [-0.3, -0.25) is 14.6 Å². The number of aliphatic imine (C=N–C) groups is 1. The van der Waals surface area contributed by atoms with E-state index in [1.54, 1.807) is 0 Å². The largest absolute Gasteiger partial charge is 0.293 e. The Kier molecular flexibility index (Phi) is 4.92. The first-order valence-corrected chi connectivity index (χ1v) is 9.89. The summed E-state index contributed by atoms with van der Waals surface area (Å²) in [5.74, 6) is 0.773. The molecule has 0 radical (unpaired) electrons. The van der Waals surface area contributed by atoms with Crippen molar-refractivity contribution < 1.29 is 4.79 Å². The van der Waals surface area contributed by atoms with Crippen LogP contribution in [-0.4, -0.2) is 36.3 Å². The Hall–Kier alpha value is -1.98. The van der Waals surface area contributed by atoms with Crippen molar-refractivity contribution in [3.05, 3.63) is 58.6 Å². The van der Waals surface area contributed by atoms with E-state index in [2.05, 4.69) is 32.7 Å². The molecule has 0 atom stereocenters. The molecule has 1 amide bonds. The van der Waals surface area contributed by atoms with Crippen molar-refractivity contribution in [2.75, 3.05) is 24.7 Å². The lowest BCUT2D eigenvalue weighted by Crippen LogP contribution is -2.44. The van der Waals surface area contributed by atoms with E-state index < -0.39 is 0 Å². The Balaban J connectivity index is 1.63. The van der Waals surface area contributed by atoms with Gasteiger partial charge in [0.2, 0.25) is 0 Å². The fourth-order valence-electron chi connectivity index (χ4n) is 3.56. The second kappa shape index (κ2) is 7.33. The quantitative estimate of drug-likeness (QED) is 0.739. The van der Waals surface area contributed by atoms with Crippen LogP contribution in [0.1, 0.15) is 25.3 Å². The molecule has 0 saturated carbocycles. The zero-order valence-corrected chi connectivity index (χ0v) is 16.4. The number of hydrogen-bond donors (Lipinski definition) is 0. The molecule has 2 aromatic carbocycles. The maximum absolute atomic E-state index is 13.1. The van der Waals surface area contributed by atoms with Crippen molar-refractivity contribution in [1.82, 2.24) is 4.90 Å². The van der Waals surface area contributed by atoms with E-state index in [9.17, 15) is 4.79 Å². The van der Waals surface area contributed by atoms with E-state index in [0.29, 0.717) is 12.4 Å². The number of anilines is 1. The molecule has 5 heteroatoms. The van der Waals surface area contributed by atoms with Crippen LogP contribution in [0.3, 0.4) is 0 Å². The highest BCUT2D eigenvalue weighted by Gasteiger charge is 2.35. The smallest absolute Gasteiger partial charge is 0.278 e. The highest BCUT2D eigenvalue weighted by molar-refractivity contribution is 9.10. The molecule has 134 valence electrons. The van der Waals surface area contributed by atoms with Gasteiger partial charge in [0.15, 0.2) is 0 Å². The molecule has 0 spiro atoms. The van der Waals surface area contributed by atoms with Crippen LogP contribution >= 0.6 is 15.9 Å². The highest BCUT2D eigenvalue weighted by Crippen LogP contribution is 2.31. The molecule has 0 aliphatic carbocycles. The second-order valence-electron chi connectivity index (χ2n) is 7.13. The molecular formula is C21H22BrN3O. The normalized spacial score (nSPS) is 20.0. The van der Waals surface area contributed by atoms with Crippen molar-refractivity contribution in [2.24, 2.45) is 10.9 Å². The Morgan fingerprint density at radius 3 is 2.50 bits per heavy atom. The standard InChI is InChI=1S/C21H22BrN3O/c1-15-10-12-24(13-11-15)14-25-19-5-3-2-4-18(19)20(21(25)26)23-17-8-6-16(22)7-9-17/h2-9,15H,10-14H2,1H3. The van der Waals surface area contributed by atoms with Crippen molar-refractivity contribution in [3.8, 4) is 0 Å². The van der Waals surface area contributed by atoms with Crippen LogP contribution in [0.5, 0.6) is 0 Å². The summed E-state index contributed by atoms with van der Waals surface area (Å²) >= 11 is 3.44. The van der Waals surface area contributed by atoms with Crippen molar-refractivity contribution in [2.45, 2.75) is 19.8 Å². The minimum absolute atomic E-state index is 0.00672. The number of halogens is 1. The van der Waals surface area contributed by atoms with Gasteiger partial charge in [-0.15, -0.1) is 0 Å². The van der Waals surface area contributed by atoms with E-state index in [0.717, 1.165) is 40.4 Å². The second-order valence-corrected chi connectivity index (χ2v) is 8.04. The topological polar surface area (TPSA) is 35.9 Å². The molecule has 2 heterocycles. The predicted octanol–water partition coefficient (Wildman–Crippen LogP) is 4.61. The number of para-hydroxylation sites is 1. The minimum atomic E-state index is -0.00672. The van der Waals surface area contributed by atoms with Crippen LogP contribution in [0, 0.1) is 5.92 Å². The number of carbonyl (C=O) groups excluding carboxylic acids is 1. The zero-order chi connectivity index (χ0) is 18.1. The molecule has 0 bridgehead atoms. The van der Waals surface area contributed by atoms with E-state index in [4.69, 9.17) is 0 Å². The first-order valence-electron chi connectivity index (χ1n) is 9.10. The average molecular weight is 412 g/mol. The van der Waals surface area contributed by atoms with Crippen molar-refractivity contribution in [1.29, 1.82) is 0 Å².